The average molecular weight is 307 g/mol. The van der Waals surface area contributed by atoms with Crippen molar-refractivity contribution >= 4 is 38.8 Å². The lowest BCUT2D eigenvalue weighted by Crippen LogP contribution is -2.35. The van der Waals surface area contributed by atoms with Gasteiger partial charge in [-0.15, -0.1) is 0 Å². The van der Waals surface area contributed by atoms with Gasteiger partial charge in [0.25, 0.3) is 0 Å². The van der Waals surface area contributed by atoms with Crippen LogP contribution in [-0.2, 0) is 10.0 Å². The molecular formula is C11H15ClN2O2S2. The predicted octanol–water partition coefficient (Wildman–Crippen LogP) is 1.88. The Morgan fingerprint density at radius 2 is 2.17 bits per heavy atom. The largest absolute Gasteiger partial charge is 0.393 e. The van der Waals surface area contributed by atoms with Crippen LogP contribution < -0.4 is 5.73 Å². The smallest absolute Gasteiger partial charge is 0.242 e. The zero-order valence-corrected chi connectivity index (χ0v) is 12.5. The SMILES string of the molecule is CC(CN(C)S(=O)(=O)c1cccc(Cl)c1)C(N)=S. The van der Waals surface area contributed by atoms with Gasteiger partial charge in [-0.2, -0.15) is 0 Å². The van der Waals surface area contributed by atoms with Gasteiger partial charge in [-0.1, -0.05) is 36.8 Å². The van der Waals surface area contributed by atoms with E-state index < -0.39 is 10.0 Å². The van der Waals surface area contributed by atoms with Crippen molar-refractivity contribution in [1.29, 1.82) is 0 Å². The molecule has 0 bridgehead atoms. The lowest BCUT2D eigenvalue weighted by Gasteiger charge is -2.20. The maximum atomic E-state index is 12.2. The van der Waals surface area contributed by atoms with E-state index in [1.54, 1.807) is 19.1 Å². The second-order valence-electron chi connectivity index (χ2n) is 4.05. The number of nitrogens with zero attached hydrogens (tertiary/aromatic N) is 1. The maximum absolute atomic E-state index is 12.2. The van der Waals surface area contributed by atoms with E-state index >= 15 is 0 Å². The minimum atomic E-state index is -3.56. The van der Waals surface area contributed by atoms with Crippen LogP contribution in [0.5, 0.6) is 0 Å². The van der Waals surface area contributed by atoms with Gasteiger partial charge in [0.2, 0.25) is 10.0 Å². The van der Waals surface area contributed by atoms with Crippen molar-refractivity contribution in [2.45, 2.75) is 11.8 Å². The lowest BCUT2D eigenvalue weighted by atomic mass is 10.2. The van der Waals surface area contributed by atoms with E-state index in [2.05, 4.69) is 0 Å². The van der Waals surface area contributed by atoms with Crippen LogP contribution in [0.2, 0.25) is 5.02 Å². The number of hydrogen-bond acceptors (Lipinski definition) is 3. The number of nitrogens with two attached hydrogens (primary N) is 1. The molecule has 0 fully saturated rings. The fourth-order valence-corrected chi connectivity index (χ4v) is 3.02. The highest BCUT2D eigenvalue weighted by Crippen LogP contribution is 2.19. The summed E-state index contributed by atoms with van der Waals surface area (Å²) in [6.07, 6.45) is 0. The molecule has 0 heterocycles. The summed E-state index contributed by atoms with van der Waals surface area (Å²) in [5, 5.41) is 0.381. The van der Waals surface area contributed by atoms with Crippen molar-refractivity contribution in [3.8, 4) is 0 Å². The average Bonchev–Trinajstić information content (AvgIpc) is 2.28. The van der Waals surface area contributed by atoms with Gasteiger partial charge in [0, 0.05) is 24.5 Å². The first-order valence-electron chi connectivity index (χ1n) is 5.26. The minimum absolute atomic E-state index is 0.160. The number of sulfonamides is 1. The molecule has 100 valence electrons. The van der Waals surface area contributed by atoms with Gasteiger partial charge >= 0.3 is 0 Å². The van der Waals surface area contributed by atoms with E-state index in [9.17, 15) is 8.42 Å². The van der Waals surface area contributed by atoms with Crippen LogP contribution >= 0.6 is 23.8 Å². The molecular weight excluding hydrogens is 292 g/mol. The number of hydrogen-bond donors (Lipinski definition) is 1. The number of halogens is 1. The molecule has 0 aliphatic rings. The van der Waals surface area contributed by atoms with Gasteiger partial charge in [0.1, 0.15) is 0 Å². The van der Waals surface area contributed by atoms with Crippen LogP contribution in [0.3, 0.4) is 0 Å². The van der Waals surface area contributed by atoms with Crippen LogP contribution in [0.15, 0.2) is 29.2 Å². The molecule has 0 aromatic heterocycles. The molecule has 1 rings (SSSR count). The summed E-state index contributed by atoms with van der Waals surface area (Å²) in [4.78, 5) is 0.454. The summed E-state index contributed by atoms with van der Waals surface area (Å²) in [6.45, 7) is 2.02. The second kappa shape index (κ2) is 5.97. The van der Waals surface area contributed by atoms with E-state index in [1.807, 2.05) is 0 Å². The molecule has 1 unspecified atom stereocenters. The molecule has 0 aliphatic heterocycles. The van der Waals surface area contributed by atoms with Crippen LogP contribution in [0.1, 0.15) is 6.92 Å². The van der Waals surface area contributed by atoms with Crippen molar-refractivity contribution in [2.75, 3.05) is 13.6 Å². The summed E-state index contributed by atoms with van der Waals surface area (Å²) in [6, 6.07) is 6.14. The fourth-order valence-electron chi connectivity index (χ4n) is 1.38. The molecule has 4 nitrogen and oxygen atoms in total. The summed E-state index contributed by atoms with van der Waals surface area (Å²) < 4.78 is 25.7. The molecule has 18 heavy (non-hydrogen) atoms. The fraction of sp³-hybridized carbons (Fsp3) is 0.364. The molecule has 1 aromatic carbocycles. The normalized spacial score (nSPS) is 13.6. The molecule has 7 heteroatoms. The van der Waals surface area contributed by atoms with Gasteiger partial charge in [0.05, 0.1) is 9.88 Å². The first-order valence-corrected chi connectivity index (χ1v) is 7.49. The van der Waals surface area contributed by atoms with Crippen LogP contribution in [0, 0.1) is 5.92 Å². The van der Waals surface area contributed by atoms with E-state index in [4.69, 9.17) is 29.6 Å². The first kappa shape index (κ1) is 15.4. The van der Waals surface area contributed by atoms with Crippen molar-refractivity contribution in [3.63, 3.8) is 0 Å². The summed E-state index contributed by atoms with van der Waals surface area (Å²) >= 11 is 10.6. The summed E-state index contributed by atoms with van der Waals surface area (Å²) in [7, 11) is -2.07. The van der Waals surface area contributed by atoms with Gasteiger partial charge in [-0.3, -0.25) is 0 Å². The Hall–Kier alpha value is -0.690. The minimum Gasteiger partial charge on any atom is -0.393 e. The van der Waals surface area contributed by atoms with Gasteiger partial charge in [-0.25, -0.2) is 12.7 Å². The molecule has 1 atom stereocenters. The third-order valence-corrected chi connectivity index (χ3v) is 4.98. The van der Waals surface area contributed by atoms with Crippen molar-refractivity contribution < 1.29 is 8.42 Å². The molecule has 1 aromatic rings. The molecule has 0 amide bonds. The highest BCUT2D eigenvalue weighted by Gasteiger charge is 2.23. The van der Waals surface area contributed by atoms with Gasteiger partial charge in [0.15, 0.2) is 0 Å². The summed E-state index contributed by atoms with van der Waals surface area (Å²) in [5.74, 6) is -0.182. The standard InChI is InChI=1S/C11H15ClN2O2S2/c1-8(11(13)17)7-14(2)18(15,16)10-5-3-4-9(12)6-10/h3-6,8H,7H2,1-2H3,(H2,13,17). The zero-order valence-electron chi connectivity index (χ0n) is 10.1. The molecule has 0 spiro atoms. The van der Waals surface area contributed by atoms with E-state index in [0.717, 1.165) is 0 Å². The Balaban J connectivity index is 2.97. The van der Waals surface area contributed by atoms with Crippen LogP contribution in [-0.4, -0.2) is 31.3 Å². The topological polar surface area (TPSA) is 63.4 Å². The maximum Gasteiger partial charge on any atom is 0.242 e. The molecule has 0 aliphatic carbocycles. The Labute approximate surface area is 118 Å². The van der Waals surface area contributed by atoms with Crippen LogP contribution in [0.4, 0.5) is 0 Å². The number of benzene rings is 1. The Kier molecular flexibility index (Phi) is 5.10. The van der Waals surface area contributed by atoms with Crippen molar-refractivity contribution in [3.05, 3.63) is 29.3 Å². The Bertz CT molecular complexity index is 546. The summed E-state index contributed by atoms with van der Waals surface area (Å²) in [5.41, 5.74) is 5.48. The quantitative estimate of drug-likeness (QED) is 0.844. The molecule has 0 radical (unpaired) electrons. The van der Waals surface area contributed by atoms with Gasteiger partial charge < -0.3 is 5.73 Å². The Morgan fingerprint density at radius 1 is 1.56 bits per heavy atom. The molecule has 2 N–H and O–H groups in total. The first-order chi connectivity index (χ1) is 8.25. The Morgan fingerprint density at radius 3 is 2.67 bits per heavy atom. The third-order valence-electron chi connectivity index (χ3n) is 2.52. The highest BCUT2D eigenvalue weighted by atomic mass is 35.5. The van der Waals surface area contributed by atoms with Crippen molar-refractivity contribution in [2.24, 2.45) is 11.7 Å². The third kappa shape index (κ3) is 3.65. The second-order valence-corrected chi connectivity index (χ2v) is 7.00. The van der Waals surface area contributed by atoms with E-state index in [0.29, 0.717) is 10.0 Å². The monoisotopic (exact) mass is 306 g/mol. The van der Waals surface area contributed by atoms with E-state index in [-0.39, 0.29) is 17.4 Å². The highest BCUT2D eigenvalue weighted by molar-refractivity contribution is 7.89. The van der Waals surface area contributed by atoms with Gasteiger partial charge in [-0.05, 0) is 18.2 Å². The number of thiocarbonyl (C=S) groups is 1. The van der Waals surface area contributed by atoms with Crippen molar-refractivity contribution in [1.82, 2.24) is 4.31 Å². The zero-order chi connectivity index (χ0) is 13.9. The molecule has 0 saturated carbocycles. The lowest BCUT2D eigenvalue weighted by molar-refractivity contribution is 0.445. The molecule has 0 saturated heterocycles. The van der Waals surface area contributed by atoms with E-state index in [1.165, 1.54) is 23.5 Å². The predicted molar refractivity (Wildman–Crippen MR) is 77.2 cm³/mol. The van der Waals surface area contributed by atoms with Crippen LogP contribution in [0.25, 0.3) is 0 Å². The number of rotatable bonds is 5.